The fourth-order valence-corrected chi connectivity index (χ4v) is 2.09. The van der Waals surface area contributed by atoms with Crippen molar-refractivity contribution in [2.45, 2.75) is 46.6 Å². The zero-order valence-electron chi connectivity index (χ0n) is 14.1. The lowest BCUT2D eigenvalue weighted by Gasteiger charge is -2.21. The summed E-state index contributed by atoms with van der Waals surface area (Å²) in [5.74, 6) is -0.170. The summed E-state index contributed by atoms with van der Waals surface area (Å²) in [5, 5.41) is 5.97. The first kappa shape index (κ1) is 18.2. The second kappa shape index (κ2) is 9.20. The van der Waals surface area contributed by atoms with Gasteiger partial charge in [0.2, 0.25) is 5.91 Å². The van der Waals surface area contributed by atoms with E-state index in [0.717, 1.165) is 29.8 Å². The van der Waals surface area contributed by atoms with Crippen LogP contribution < -0.4 is 16.4 Å². The van der Waals surface area contributed by atoms with Crippen LogP contribution >= 0.6 is 0 Å². The van der Waals surface area contributed by atoms with Crippen molar-refractivity contribution in [3.63, 3.8) is 0 Å². The van der Waals surface area contributed by atoms with E-state index < -0.39 is 0 Å². The van der Waals surface area contributed by atoms with Gasteiger partial charge < -0.3 is 16.4 Å². The predicted octanol–water partition coefficient (Wildman–Crippen LogP) is 2.03. The number of carbonyl (C=O) groups is 1. The van der Waals surface area contributed by atoms with Crippen molar-refractivity contribution >= 4 is 11.6 Å². The average Bonchev–Trinajstić information content (AvgIpc) is 2.54. The lowest BCUT2D eigenvalue weighted by Crippen LogP contribution is -2.37. The van der Waals surface area contributed by atoms with Crippen molar-refractivity contribution < 1.29 is 4.79 Å². The van der Waals surface area contributed by atoms with Gasteiger partial charge in [0, 0.05) is 11.7 Å². The molecule has 1 atom stereocenters. The van der Waals surface area contributed by atoms with Gasteiger partial charge in [-0.3, -0.25) is 9.79 Å². The molecule has 5 nitrogen and oxygen atoms in total. The summed E-state index contributed by atoms with van der Waals surface area (Å²) < 4.78 is 0. The number of aliphatic imine (C=N–C) groups is 1. The predicted molar refractivity (Wildman–Crippen MR) is 92.6 cm³/mol. The van der Waals surface area contributed by atoms with Gasteiger partial charge in [-0.2, -0.15) is 0 Å². The summed E-state index contributed by atoms with van der Waals surface area (Å²) >= 11 is 0. The standard InChI is InChI=1S/C17H28N4O/c1-5-12(4)21-16-9-13(6-2)15(8-14(16)7-3)19-11-20-17(22)10-18/h7-9,12,19H,5-6,10-11,18H2,1-4H3,(H,20,22)/b14-7-,21-16-. The van der Waals surface area contributed by atoms with E-state index in [4.69, 9.17) is 10.7 Å². The minimum absolute atomic E-state index is 0.00300. The Kier molecular flexibility index (Phi) is 7.60. The second-order valence-corrected chi connectivity index (χ2v) is 5.25. The molecule has 0 aromatic carbocycles. The van der Waals surface area contributed by atoms with Gasteiger partial charge in [-0.25, -0.2) is 0 Å². The lowest BCUT2D eigenvalue weighted by atomic mass is 9.95. The number of allylic oxidation sites excluding steroid dienone is 5. The lowest BCUT2D eigenvalue weighted by molar-refractivity contribution is -0.119. The fraction of sp³-hybridized carbons (Fsp3) is 0.529. The average molecular weight is 304 g/mol. The van der Waals surface area contributed by atoms with Crippen LogP contribution in [0.1, 0.15) is 40.5 Å². The van der Waals surface area contributed by atoms with Crippen LogP contribution in [0.4, 0.5) is 0 Å². The summed E-state index contributed by atoms with van der Waals surface area (Å²) in [5.41, 5.74) is 9.62. The summed E-state index contributed by atoms with van der Waals surface area (Å²) in [6.07, 6.45) is 8.21. The van der Waals surface area contributed by atoms with E-state index in [2.05, 4.69) is 49.6 Å². The van der Waals surface area contributed by atoms with Gasteiger partial charge in [-0.15, -0.1) is 0 Å². The van der Waals surface area contributed by atoms with Gasteiger partial charge in [-0.1, -0.05) is 19.9 Å². The number of rotatable bonds is 7. The molecule has 0 aliphatic heterocycles. The largest absolute Gasteiger partial charge is 0.368 e. The number of hydrogen-bond donors (Lipinski definition) is 3. The van der Waals surface area contributed by atoms with Crippen LogP contribution in [0.2, 0.25) is 0 Å². The van der Waals surface area contributed by atoms with Crippen LogP contribution in [0.5, 0.6) is 0 Å². The first-order valence-electron chi connectivity index (χ1n) is 7.93. The van der Waals surface area contributed by atoms with Gasteiger partial charge in [0.1, 0.15) is 0 Å². The van der Waals surface area contributed by atoms with Gasteiger partial charge in [-0.05, 0) is 50.0 Å². The summed E-state index contributed by atoms with van der Waals surface area (Å²) in [7, 11) is 0. The molecular weight excluding hydrogens is 276 g/mol. The second-order valence-electron chi connectivity index (χ2n) is 5.25. The molecule has 0 spiro atoms. The number of nitrogens with zero attached hydrogens (tertiary/aromatic N) is 1. The maximum atomic E-state index is 11.2. The molecule has 0 aromatic heterocycles. The fourth-order valence-electron chi connectivity index (χ4n) is 2.09. The minimum atomic E-state index is -0.170. The topological polar surface area (TPSA) is 79.5 Å². The van der Waals surface area contributed by atoms with E-state index in [-0.39, 0.29) is 12.5 Å². The molecule has 0 saturated heterocycles. The first-order valence-corrected chi connectivity index (χ1v) is 7.93. The Morgan fingerprint density at radius 1 is 1.41 bits per heavy atom. The number of amides is 1. The molecule has 4 N–H and O–H groups in total. The molecule has 1 aliphatic carbocycles. The van der Waals surface area contributed by atoms with Crippen molar-refractivity contribution in [2.24, 2.45) is 10.7 Å². The Balaban J connectivity index is 2.89. The third kappa shape index (κ3) is 5.15. The van der Waals surface area contributed by atoms with Gasteiger partial charge in [0.15, 0.2) is 0 Å². The highest BCUT2D eigenvalue weighted by molar-refractivity contribution is 6.12. The molecule has 0 aromatic rings. The van der Waals surface area contributed by atoms with E-state index in [9.17, 15) is 4.79 Å². The smallest absolute Gasteiger partial charge is 0.235 e. The third-order valence-electron chi connectivity index (χ3n) is 3.64. The first-order chi connectivity index (χ1) is 10.5. The van der Waals surface area contributed by atoms with E-state index in [1.54, 1.807) is 0 Å². The molecule has 1 amide bonds. The highest BCUT2D eigenvalue weighted by atomic mass is 16.1. The summed E-state index contributed by atoms with van der Waals surface area (Å²) in [6.45, 7) is 8.76. The summed E-state index contributed by atoms with van der Waals surface area (Å²) in [4.78, 5) is 16.0. The maximum Gasteiger partial charge on any atom is 0.235 e. The van der Waals surface area contributed by atoms with Crippen LogP contribution in [0, 0.1) is 0 Å². The van der Waals surface area contributed by atoms with Crippen LogP contribution in [-0.4, -0.2) is 30.9 Å². The molecule has 1 rings (SSSR count). The molecule has 0 heterocycles. The molecule has 122 valence electrons. The molecule has 1 unspecified atom stereocenters. The van der Waals surface area contributed by atoms with Crippen molar-refractivity contribution in [1.29, 1.82) is 0 Å². The Labute approximate surface area is 133 Å². The van der Waals surface area contributed by atoms with Crippen molar-refractivity contribution in [3.05, 3.63) is 35.1 Å². The molecule has 22 heavy (non-hydrogen) atoms. The maximum absolute atomic E-state index is 11.2. The Morgan fingerprint density at radius 2 is 2.14 bits per heavy atom. The van der Waals surface area contributed by atoms with Crippen LogP contribution in [0.25, 0.3) is 0 Å². The summed E-state index contributed by atoms with van der Waals surface area (Å²) in [6, 6.07) is 0.311. The molecule has 1 aliphatic rings. The van der Waals surface area contributed by atoms with Gasteiger partial charge >= 0.3 is 0 Å². The molecule has 5 heteroatoms. The Bertz CT molecular complexity index is 515. The number of hydrogen-bond acceptors (Lipinski definition) is 4. The van der Waals surface area contributed by atoms with E-state index >= 15 is 0 Å². The van der Waals surface area contributed by atoms with Crippen molar-refractivity contribution in [3.8, 4) is 0 Å². The molecule has 0 radical (unpaired) electrons. The molecule has 0 fully saturated rings. The number of nitrogens with two attached hydrogens (primary N) is 1. The molecule has 0 saturated carbocycles. The highest BCUT2D eigenvalue weighted by Gasteiger charge is 2.15. The Morgan fingerprint density at radius 3 is 2.68 bits per heavy atom. The number of carbonyl (C=O) groups excluding carboxylic acids is 1. The Hall–Kier alpha value is -1.88. The zero-order chi connectivity index (χ0) is 16.5. The van der Waals surface area contributed by atoms with Crippen molar-refractivity contribution in [1.82, 2.24) is 10.6 Å². The van der Waals surface area contributed by atoms with Gasteiger partial charge in [0.25, 0.3) is 0 Å². The number of nitrogens with one attached hydrogen (secondary N) is 2. The SMILES string of the molecule is C/C=C1/C=C(NCNC(=O)CN)C(CC)=C/C1=N/C(C)CC. The monoisotopic (exact) mass is 304 g/mol. The van der Waals surface area contributed by atoms with Gasteiger partial charge in [0.05, 0.1) is 18.9 Å². The third-order valence-corrected chi connectivity index (χ3v) is 3.64. The van der Waals surface area contributed by atoms with Crippen LogP contribution in [0.15, 0.2) is 40.1 Å². The zero-order valence-corrected chi connectivity index (χ0v) is 14.1. The molecule has 0 bridgehead atoms. The van der Waals surface area contributed by atoms with Crippen LogP contribution in [0.3, 0.4) is 0 Å². The van der Waals surface area contributed by atoms with E-state index in [1.807, 2.05) is 6.92 Å². The van der Waals surface area contributed by atoms with Crippen molar-refractivity contribution in [2.75, 3.05) is 13.2 Å². The molecular formula is C17H28N4O. The van der Waals surface area contributed by atoms with E-state index in [0.29, 0.717) is 12.7 Å². The quantitative estimate of drug-likeness (QED) is 0.630. The normalized spacial score (nSPS) is 19.7. The van der Waals surface area contributed by atoms with Crippen LogP contribution in [-0.2, 0) is 4.79 Å². The minimum Gasteiger partial charge on any atom is -0.368 e. The van der Waals surface area contributed by atoms with E-state index in [1.165, 1.54) is 5.57 Å². The highest BCUT2D eigenvalue weighted by Crippen LogP contribution is 2.22.